The van der Waals surface area contributed by atoms with Crippen LogP contribution >= 0.6 is 11.3 Å². The Bertz CT molecular complexity index is 315. The van der Waals surface area contributed by atoms with Crippen LogP contribution in [0.15, 0.2) is 10.8 Å². The van der Waals surface area contributed by atoms with E-state index in [0.29, 0.717) is 5.92 Å². The molecule has 0 unspecified atom stereocenters. The van der Waals surface area contributed by atoms with Gasteiger partial charge in [-0.3, -0.25) is 4.79 Å². The molecule has 0 aliphatic rings. The Morgan fingerprint density at radius 1 is 1.40 bits per heavy atom. The first-order valence-corrected chi connectivity index (χ1v) is 6.44. The second kappa shape index (κ2) is 5.91. The van der Waals surface area contributed by atoms with Crippen molar-refractivity contribution in [3.63, 3.8) is 0 Å². The molecule has 0 spiro atoms. The number of carbonyl (C=O) groups is 1. The molecule has 0 saturated heterocycles. The first-order chi connectivity index (χ1) is 7.19. The highest BCUT2D eigenvalue weighted by Crippen LogP contribution is 2.13. The minimum absolute atomic E-state index is 0.0700. The summed E-state index contributed by atoms with van der Waals surface area (Å²) in [6.45, 7) is 7.09. The third-order valence-electron chi connectivity index (χ3n) is 2.81. The van der Waals surface area contributed by atoms with Gasteiger partial charge in [-0.25, -0.2) is 0 Å². The molecule has 0 saturated carbocycles. The van der Waals surface area contributed by atoms with E-state index in [1.54, 1.807) is 11.3 Å². The van der Waals surface area contributed by atoms with Gasteiger partial charge in [0.15, 0.2) is 0 Å². The molecule has 3 heteroatoms. The molecule has 1 heterocycles. The van der Waals surface area contributed by atoms with Crippen molar-refractivity contribution in [2.45, 2.75) is 33.6 Å². The van der Waals surface area contributed by atoms with Crippen molar-refractivity contribution in [2.75, 3.05) is 6.54 Å². The predicted octanol–water partition coefficient (Wildman–Crippen LogP) is 3.22. The van der Waals surface area contributed by atoms with Gasteiger partial charge in [-0.1, -0.05) is 26.7 Å². The first-order valence-electron chi connectivity index (χ1n) is 5.50. The van der Waals surface area contributed by atoms with Gasteiger partial charge in [-0.2, -0.15) is 11.3 Å². The standard InChI is InChI=1S/C12H19NOS/c1-4-10(5-2)6-13-12(14)11-8-15-7-9(11)3/h7-8,10H,4-6H2,1-3H3,(H,13,14). The largest absolute Gasteiger partial charge is 0.352 e. The number of aryl methyl sites for hydroxylation is 1. The average molecular weight is 225 g/mol. The van der Waals surface area contributed by atoms with E-state index >= 15 is 0 Å². The molecule has 0 bridgehead atoms. The third kappa shape index (κ3) is 3.34. The van der Waals surface area contributed by atoms with E-state index in [0.717, 1.165) is 30.5 Å². The van der Waals surface area contributed by atoms with Crippen molar-refractivity contribution in [2.24, 2.45) is 5.92 Å². The second-order valence-electron chi connectivity index (χ2n) is 3.86. The van der Waals surface area contributed by atoms with Gasteiger partial charge < -0.3 is 5.32 Å². The Morgan fingerprint density at radius 2 is 2.07 bits per heavy atom. The summed E-state index contributed by atoms with van der Waals surface area (Å²) in [6, 6.07) is 0. The molecule has 84 valence electrons. The van der Waals surface area contributed by atoms with Crippen LogP contribution in [-0.4, -0.2) is 12.5 Å². The van der Waals surface area contributed by atoms with Crippen LogP contribution in [0.5, 0.6) is 0 Å². The smallest absolute Gasteiger partial charge is 0.252 e. The molecule has 1 amide bonds. The molecular weight excluding hydrogens is 206 g/mol. The Kier molecular flexibility index (Phi) is 4.82. The highest BCUT2D eigenvalue weighted by Gasteiger charge is 2.11. The van der Waals surface area contributed by atoms with Crippen molar-refractivity contribution in [1.82, 2.24) is 5.32 Å². The quantitative estimate of drug-likeness (QED) is 0.819. The van der Waals surface area contributed by atoms with Gasteiger partial charge in [0.25, 0.3) is 5.91 Å². The van der Waals surface area contributed by atoms with Gasteiger partial charge in [0.2, 0.25) is 0 Å². The molecule has 15 heavy (non-hydrogen) atoms. The van der Waals surface area contributed by atoms with Crippen molar-refractivity contribution in [3.8, 4) is 0 Å². The summed E-state index contributed by atoms with van der Waals surface area (Å²) >= 11 is 1.58. The van der Waals surface area contributed by atoms with Gasteiger partial charge in [0.1, 0.15) is 0 Å². The molecule has 0 aliphatic heterocycles. The Hall–Kier alpha value is -0.830. The lowest BCUT2D eigenvalue weighted by Crippen LogP contribution is -2.29. The maximum absolute atomic E-state index is 11.8. The van der Waals surface area contributed by atoms with Crippen LogP contribution in [-0.2, 0) is 0 Å². The fraction of sp³-hybridized carbons (Fsp3) is 0.583. The van der Waals surface area contributed by atoms with Crippen molar-refractivity contribution >= 4 is 17.2 Å². The number of amides is 1. The number of thiophene rings is 1. The van der Waals surface area contributed by atoms with Gasteiger partial charge in [0.05, 0.1) is 5.56 Å². The zero-order valence-corrected chi connectivity index (χ0v) is 10.5. The van der Waals surface area contributed by atoms with E-state index in [2.05, 4.69) is 19.2 Å². The van der Waals surface area contributed by atoms with Crippen LogP contribution in [0.3, 0.4) is 0 Å². The molecule has 0 radical (unpaired) electrons. The number of hydrogen-bond donors (Lipinski definition) is 1. The summed E-state index contributed by atoms with van der Waals surface area (Å²) in [6.07, 6.45) is 2.25. The molecule has 1 N–H and O–H groups in total. The molecule has 0 aromatic carbocycles. The Morgan fingerprint density at radius 3 is 2.53 bits per heavy atom. The number of carbonyl (C=O) groups excluding carboxylic acids is 1. The maximum Gasteiger partial charge on any atom is 0.252 e. The van der Waals surface area contributed by atoms with Crippen LogP contribution in [0.25, 0.3) is 0 Å². The van der Waals surface area contributed by atoms with E-state index in [9.17, 15) is 4.79 Å². The van der Waals surface area contributed by atoms with Crippen molar-refractivity contribution in [1.29, 1.82) is 0 Å². The van der Waals surface area contributed by atoms with Crippen LogP contribution in [0.2, 0.25) is 0 Å². The van der Waals surface area contributed by atoms with Crippen molar-refractivity contribution in [3.05, 3.63) is 21.9 Å². The van der Waals surface area contributed by atoms with Crippen LogP contribution in [0.4, 0.5) is 0 Å². The highest BCUT2D eigenvalue weighted by molar-refractivity contribution is 7.08. The van der Waals surface area contributed by atoms with Crippen molar-refractivity contribution < 1.29 is 4.79 Å². The van der Waals surface area contributed by atoms with E-state index in [4.69, 9.17) is 0 Å². The summed E-state index contributed by atoms with van der Waals surface area (Å²) in [7, 11) is 0. The predicted molar refractivity (Wildman–Crippen MR) is 65.5 cm³/mol. The van der Waals surface area contributed by atoms with E-state index < -0.39 is 0 Å². The SMILES string of the molecule is CCC(CC)CNC(=O)c1cscc1C. The summed E-state index contributed by atoms with van der Waals surface area (Å²) in [5.41, 5.74) is 1.90. The summed E-state index contributed by atoms with van der Waals surface area (Å²) < 4.78 is 0. The summed E-state index contributed by atoms with van der Waals surface area (Å²) in [5.74, 6) is 0.675. The molecule has 0 aliphatic carbocycles. The maximum atomic E-state index is 11.8. The lowest BCUT2D eigenvalue weighted by molar-refractivity contribution is 0.0946. The number of hydrogen-bond acceptors (Lipinski definition) is 2. The van der Waals surface area contributed by atoms with Crippen LogP contribution < -0.4 is 5.32 Å². The van der Waals surface area contributed by atoms with Crippen LogP contribution in [0.1, 0.15) is 42.6 Å². The fourth-order valence-electron chi connectivity index (χ4n) is 1.50. The topological polar surface area (TPSA) is 29.1 Å². The van der Waals surface area contributed by atoms with E-state index in [1.165, 1.54) is 0 Å². The lowest BCUT2D eigenvalue weighted by atomic mass is 10.0. The molecule has 1 aromatic rings. The highest BCUT2D eigenvalue weighted by atomic mass is 32.1. The Labute approximate surface area is 95.7 Å². The number of rotatable bonds is 5. The first kappa shape index (κ1) is 12.2. The minimum atomic E-state index is 0.0700. The minimum Gasteiger partial charge on any atom is -0.352 e. The normalized spacial score (nSPS) is 10.7. The van der Waals surface area contributed by atoms with Gasteiger partial charge in [0, 0.05) is 11.9 Å². The van der Waals surface area contributed by atoms with E-state index in [-0.39, 0.29) is 5.91 Å². The Balaban J connectivity index is 2.47. The average Bonchev–Trinajstić information content (AvgIpc) is 2.66. The summed E-state index contributed by atoms with van der Waals surface area (Å²) in [5, 5.41) is 6.92. The molecule has 1 aromatic heterocycles. The van der Waals surface area contributed by atoms with Gasteiger partial charge in [-0.15, -0.1) is 0 Å². The lowest BCUT2D eigenvalue weighted by Gasteiger charge is -2.12. The van der Waals surface area contributed by atoms with E-state index in [1.807, 2.05) is 17.7 Å². The zero-order valence-electron chi connectivity index (χ0n) is 9.67. The zero-order chi connectivity index (χ0) is 11.3. The summed E-state index contributed by atoms with van der Waals surface area (Å²) in [4.78, 5) is 11.8. The van der Waals surface area contributed by atoms with Crippen LogP contribution in [0, 0.1) is 12.8 Å². The second-order valence-corrected chi connectivity index (χ2v) is 4.60. The van der Waals surface area contributed by atoms with Gasteiger partial charge >= 0.3 is 0 Å². The fourth-order valence-corrected chi connectivity index (χ4v) is 2.33. The molecule has 1 rings (SSSR count). The monoisotopic (exact) mass is 225 g/mol. The molecule has 0 fully saturated rings. The number of nitrogens with one attached hydrogen (secondary N) is 1. The van der Waals surface area contributed by atoms with Gasteiger partial charge in [-0.05, 0) is 23.8 Å². The molecule has 2 nitrogen and oxygen atoms in total. The third-order valence-corrected chi connectivity index (χ3v) is 3.67. The molecular formula is C12H19NOS. The molecule has 0 atom stereocenters.